The van der Waals surface area contributed by atoms with Crippen molar-refractivity contribution < 1.29 is 4.79 Å². The first-order chi connectivity index (χ1) is 12.0. The standard InChI is InChI=1S/C20H22N4O/c1-12(2)24-19-9-6-14(11-18(19)22-23-24)17-10-15(5-4-13(17)3)20(25)21-16-7-8-16/h4-6,9-12,16H,7-8H2,1-3H3,(H,21,25). The van der Waals surface area contributed by atoms with Crippen molar-refractivity contribution >= 4 is 16.9 Å². The molecule has 2 aromatic carbocycles. The molecular formula is C20H22N4O. The van der Waals surface area contributed by atoms with Crippen LogP contribution in [-0.4, -0.2) is 26.9 Å². The predicted octanol–water partition coefficient (Wildman–Crippen LogP) is 3.88. The lowest BCUT2D eigenvalue weighted by Crippen LogP contribution is -2.25. The number of rotatable bonds is 4. The smallest absolute Gasteiger partial charge is 0.251 e. The monoisotopic (exact) mass is 334 g/mol. The second-order valence-corrected chi connectivity index (χ2v) is 7.11. The highest BCUT2D eigenvalue weighted by molar-refractivity contribution is 5.96. The van der Waals surface area contributed by atoms with Crippen LogP contribution >= 0.6 is 0 Å². The minimum atomic E-state index is 0.00980. The molecule has 1 heterocycles. The lowest BCUT2D eigenvalue weighted by atomic mass is 9.97. The summed E-state index contributed by atoms with van der Waals surface area (Å²) >= 11 is 0. The number of amides is 1. The maximum Gasteiger partial charge on any atom is 0.251 e. The van der Waals surface area contributed by atoms with Crippen LogP contribution in [0.5, 0.6) is 0 Å². The molecule has 0 aliphatic heterocycles. The molecule has 0 saturated heterocycles. The molecule has 128 valence electrons. The van der Waals surface area contributed by atoms with Crippen LogP contribution in [0.15, 0.2) is 36.4 Å². The van der Waals surface area contributed by atoms with Gasteiger partial charge >= 0.3 is 0 Å². The molecule has 0 unspecified atom stereocenters. The number of nitrogens with zero attached hydrogens (tertiary/aromatic N) is 3. The molecule has 1 aromatic heterocycles. The van der Waals surface area contributed by atoms with Gasteiger partial charge in [-0.2, -0.15) is 0 Å². The van der Waals surface area contributed by atoms with Crippen molar-refractivity contribution in [2.24, 2.45) is 0 Å². The van der Waals surface area contributed by atoms with Crippen LogP contribution in [0.25, 0.3) is 22.2 Å². The van der Waals surface area contributed by atoms with Gasteiger partial charge in [-0.25, -0.2) is 4.68 Å². The number of carbonyl (C=O) groups excluding carboxylic acids is 1. The van der Waals surface area contributed by atoms with Crippen molar-refractivity contribution in [1.29, 1.82) is 0 Å². The van der Waals surface area contributed by atoms with Gasteiger partial charge in [-0.05, 0) is 74.6 Å². The average molecular weight is 334 g/mol. The molecule has 0 spiro atoms. The Morgan fingerprint density at radius 3 is 2.72 bits per heavy atom. The normalized spacial score (nSPS) is 14.2. The highest BCUT2D eigenvalue weighted by atomic mass is 16.1. The van der Waals surface area contributed by atoms with E-state index in [0.717, 1.165) is 40.6 Å². The SMILES string of the molecule is Cc1ccc(C(=O)NC2CC2)cc1-c1ccc2c(c1)nnn2C(C)C. The Bertz CT molecular complexity index is 953. The summed E-state index contributed by atoms with van der Waals surface area (Å²) in [4.78, 5) is 12.3. The van der Waals surface area contributed by atoms with E-state index in [4.69, 9.17) is 0 Å². The summed E-state index contributed by atoms with van der Waals surface area (Å²) in [6, 6.07) is 12.7. The fourth-order valence-electron chi connectivity index (χ4n) is 3.06. The molecular weight excluding hydrogens is 312 g/mol. The van der Waals surface area contributed by atoms with E-state index in [-0.39, 0.29) is 11.9 Å². The van der Waals surface area contributed by atoms with Crippen molar-refractivity contribution in [2.75, 3.05) is 0 Å². The number of aryl methyl sites for hydroxylation is 1. The Morgan fingerprint density at radius 2 is 2.00 bits per heavy atom. The van der Waals surface area contributed by atoms with E-state index < -0.39 is 0 Å². The minimum Gasteiger partial charge on any atom is -0.349 e. The first kappa shape index (κ1) is 15.8. The van der Waals surface area contributed by atoms with Gasteiger partial charge in [0.15, 0.2) is 0 Å². The topological polar surface area (TPSA) is 59.8 Å². The van der Waals surface area contributed by atoms with Crippen LogP contribution in [0, 0.1) is 6.92 Å². The summed E-state index contributed by atoms with van der Waals surface area (Å²) in [5.74, 6) is 0.00980. The van der Waals surface area contributed by atoms with Crippen molar-refractivity contribution in [3.05, 3.63) is 47.5 Å². The number of carbonyl (C=O) groups is 1. The molecule has 5 nitrogen and oxygen atoms in total. The van der Waals surface area contributed by atoms with E-state index in [0.29, 0.717) is 11.6 Å². The largest absolute Gasteiger partial charge is 0.349 e. The average Bonchev–Trinajstić information content (AvgIpc) is 3.30. The lowest BCUT2D eigenvalue weighted by Gasteiger charge is -2.10. The summed E-state index contributed by atoms with van der Waals surface area (Å²) in [7, 11) is 0. The summed E-state index contributed by atoms with van der Waals surface area (Å²) in [5.41, 5.74) is 5.86. The van der Waals surface area contributed by atoms with Gasteiger partial charge in [0, 0.05) is 17.6 Å². The highest BCUT2D eigenvalue weighted by Crippen LogP contribution is 2.28. The van der Waals surface area contributed by atoms with Crippen LogP contribution in [-0.2, 0) is 0 Å². The van der Waals surface area contributed by atoms with Gasteiger partial charge in [0.25, 0.3) is 5.91 Å². The molecule has 0 atom stereocenters. The van der Waals surface area contributed by atoms with Crippen LogP contribution in [0.1, 0.15) is 48.7 Å². The van der Waals surface area contributed by atoms with Crippen molar-refractivity contribution in [1.82, 2.24) is 20.3 Å². The summed E-state index contributed by atoms with van der Waals surface area (Å²) in [6.45, 7) is 6.25. The van der Waals surface area contributed by atoms with E-state index in [2.05, 4.69) is 48.5 Å². The van der Waals surface area contributed by atoms with Crippen LogP contribution in [0.3, 0.4) is 0 Å². The highest BCUT2D eigenvalue weighted by Gasteiger charge is 2.24. The zero-order chi connectivity index (χ0) is 17.6. The maximum atomic E-state index is 12.3. The maximum absolute atomic E-state index is 12.3. The van der Waals surface area contributed by atoms with Gasteiger partial charge in [0.05, 0.1) is 5.52 Å². The minimum absolute atomic E-state index is 0.00980. The third kappa shape index (κ3) is 3.02. The molecule has 0 bridgehead atoms. The third-order valence-electron chi connectivity index (χ3n) is 4.68. The Labute approximate surface area is 147 Å². The number of hydrogen-bond acceptors (Lipinski definition) is 3. The van der Waals surface area contributed by atoms with Gasteiger partial charge in [-0.1, -0.05) is 17.3 Å². The van der Waals surface area contributed by atoms with E-state index >= 15 is 0 Å². The molecule has 1 saturated carbocycles. The van der Waals surface area contributed by atoms with Gasteiger partial charge in [-0.3, -0.25) is 4.79 Å². The molecule has 4 rings (SSSR count). The van der Waals surface area contributed by atoms with Crippen LogP contribution < -0.4 is 5.32 Å². The van der Waals surface area contributed by atoms with E-state index in [1.807, 2.05) is 28.9 Å². The molecule has 1 amide bonds. The molecule has 1 aliphatic carbocycles. The number of benzene rings is 2. The molecule has 0 radical (unpaired) electrons. The van der Waals surface area contributed by atoms with Gasteiger partial charge in [-0.15, -0.1) is 5.10 Å². The van der Waals surface area contributed by atoms with Crippen LogP contribution in [0.2, 0.25) is 0 Å². The van der Waals surface area contributed by atoms with Gasteiger partial charge in [0.1, 0.15) is 5.52 Å². The Hall–Kier alpha value is -2.69. The predicted molar refractivity (Wildman–Crippen MR) is 98.6 cm³/mol. The molecule has 1 fully saturated rings. The summed E-state index contributed by atoms with van der Waals surface area (Å²) in [6.07, 6.45) is 2.18. The fraction of sp³-hybridized carbons (Fsp3) is 0.350. The van der Waals surface area contributed by atoms with Crippen molar-refractivity contribution in [3.8, 4) is 11.1 Å². The Morgan fingerprint density at radius 1 is 1.20 bits per heavy atom. The second-order valence-electron chi connectivity index (χ2n) is 7.11. The number of aromatic nitrogens is 3. The summed E-state index contributed by atoms with van der Waals surface area (Å²) < 4.78 is 1.92. The molecule has 1 aliphatic rings. The van der Waals surface area contributed by atoms with Crippen molar-refractivity contribution in [2.45, 2.75) is 45.7 Å². The molecule has 3 aromatic rings. The number of fused-ring (bicyclic) bond motifs is 1. The zero-order valence-electron chi connectivity index (χ0n) is 14.8. The Kier molecular flexibility index (Phi) is 3.79. The molecule has 25 heavy (non-hydrogen) atoms. The molecule has 1 N–H and O–H groups in total. The van der Waals surface area contributed by atoms with E-state index in [1.165, 1.54) is 0 Å². The molecule has 5 heteroatoms. The van der Waals surface area contributed by atoms with Gasteiger partial charge in [0.2, 0.25) is 0 Å². The first-order valence-corrected chi connectivity index (χ1v) is 8.80. The third-order valence-corrected chi connectivity index (χ3v) is 4.68. The Balaban J connectivity index is 1.73. The summed E-state index contributed by atoms with van der Waals surface area (Å²) in [5, 5.41) is 11.6. The number of hydrogen-bond donors (Lipinski definition) is 1. The quantitative estimate of drug-likeness (QED) is 0.787. The zero-order valence-corrected chi connectivity index (χ0v) is 14.8. The van der Waals surface area contributed by atoms with Gasteiger partial charge < -0.3 is 5.32 Å². The lowest BCUT2D eigenvalue weighted by molar-refractivity contribution is 0.0951. The van der Waals surface area contributed by atoms with E-state index in [1.54, 1.807) is 0 Å². The first-order valence-electron chi connectivity index (χ1n) is 8.80. The fourth-order valence-corrected chi connectivity index (χ4v) is 3.06. The van der Waals surface area contributed by atoms with Crippen molar-refractivity contribution in [3.63, 3.8) is 0 Å². The second kappa shape index (κ2) is 5.99. The number of nitrogens with one attached hydrogen (secondary N) is 1. The van der Waals surface area contributed by atoms with Crippen LogP contribution in [0.4, 0.5) is 0 Å². The van der Waals surface area contributed by atoms with E-state index in [9.17, 15) is 4.79 Å².